The van der Waals surface area contributed by atoms with Crippen LogP contribution in [0.2, 0.25) is 0 Å². The van der Waals surface area contributed by atoms with E-state index in [9.17, 15) is 0 Å². The highest BCUT2D eigenvalue weighted by Crippen LogP contribution is 2.00. The Balaban J connectivity index is 3.28. The van der Waals surface area contributed by atoms with Gasteiger partial charge in [-0.1, -0.05) is 6.92 Å². The number of rotatable bonds is 11. The van der Waals surface area contributed by atoms with Crippen LogP contribution in [0.25, 0.3) is 0 Å². The molecule has 0 rings (SSSR count). The van der Waals surface area contributed by atoms with E-state index in [0.717, 1.165) is 26.1 Å². The average Bonchev–Trinajstić information content (AvgIpc) is 2.24. The molecule has 0 aromatic heterocycles. The van der Waals surface area contributed by atoms with E-state index in [2.05, 4.69) is 12.2 Å². The van der Waals surface area contributed by atoms with Crippen molar-refractivity contribution in [2.75, 3.05) is 39.5 Å². The summed E-state index contributed by atoms with van der Waals surface area (Å²) in [6.45, 7) is 10.7. The summed E-state index contributed by atoms with van der Waals surface area (Å²) < 4.78 is 16.2. The summed E-state index contributed by atoms with van der Waals surface area (Å²) in [6, 6.07) is 0. The zero-order chi connectivity index (χ0) is 11.4. The molecular weight excluding hydrogens is 194 g/mol. The van der Waals surface area contributed by atoms with E-state index in [0.29, 0.717) is 19.8 Å². The van der Waals surface area contributed by atoms with Crippen LogP contribution in [0.4, 0.5) is 0 Å². The van der Waals surface area contributed by atoms with Crippen LogP contribution in [-0.4, -0.2) is 45.8 Å². The fraction of sp³-hybridized carbons (Fsp3) is 1.00. The highest BCUT2D eigenvalue weighted by molar-refractivity contribution is 4.46. The predicted molar refractivity (Wildman–Crippen MR) is 61.0 cm³/mol. The summed E-state index contributed by atoms with van der Waals surface area (Å²) in [6.07, 6.45) is 0.687. The second-order valence-electron chi connectivity index (χ2n) is 3.09. The molecule has 4 heteroatoms. The topological polar surface area (TPSA) is 39.7 Å². The fourth-order valence-corrected chi connectivity index (χ4v) is 1.19. The molecular formula is C11H25NO3. The van der Waals surface area contributed by atoms with Gasteiger partial charge in [0.1, 0.15) is 0 Å². The summed E-state index contributed by atoms with van der Waals surface area (Å²) in [5, 5.41) is 3.20. The van der Waals surface area contributed by atoms with E-state index >= 15 is 0 Å². The van der Waals surface area contributed by atoms with Crippen LogP contribution in [0.5, 0.6) is 0 Å². The first kappa shape index (κ1) is 14.8. The van der Waals surface area contributed by atoms with Crippen molar-refractivity contribution in [3.63, 3.8) is 0 Å². The molecule has 1 N–H and O–H groups in total. The summed E-state index contributed by atoms with van der Waals surface area (Å²) >= 11 is 0. The standard InChI is InChI=1S/C11H25NO3/c1-4-12-8-10-13-9-7-11(14-5-2)15-6-3/h11-12H,4-10H2,1-3H3. The maximum absolute atomic E-state index is 5.44. The minimum atomic E-state index is -0.112. The van der Waals surface area contributed by atoms with Crippen LogP contribution in [0, 0.1) is 0 Å². The van der Waals surface area contributed by atoms with Gasteiger partial charge in [-0.05, 0) is 20.4 Å². The van der Waals surface area contributed by atoms with E-state index in [1.165, 1.54) is 0 Å². The van der Waals surface area contributed by atoms with Gasteiger partial charge in [-0.3, -0.25) is 0 Å². The van der Waals surface area contributed by atoms with Crippen LogP contribution in [0.3, 0.4) is 0 Å². The highest BCUT2D eigenvalue weighted by atomic mass is 16.7. The third-order valence-electron chi connectivity index (χ3n) is 1.88. The molecule has 0 heterocycles. The second-order valence-corrected chi connectivity index (χ2v) is 3.09. The van der Waals surface area contributed by atoms with Crippen LogP contribution in [0.1, 0.15) is 27.2 Å². The lowest BCUT2D eigenvalue weighted by atomic mass is 10.4. The molecule has 4 nitrogen and oxygen atoms in total. The minimum Gasteiger partial charge on any atom is -0.380 e. The first-order valence-electron chi connectivity index (χ1n) is 5.86. The zero-order valence-corrected chi connectivity index (χ0v) is 10.3. The molecule has 0 unspecified atom stereocenters. The van der Waals surface area contributed by atoms with Gasteiger partial charge in [0.25, 0.3) is 0 Å². The monoisotopic (exact) mass is 219 g/mol. The van der Waals surface area contributed by atoms with Crippen molar-refractivity contribution in [2.24, 2.45) is 0 Å². The number of hydrogen-bond donors (Lipinski definition) is 1. The highest BCUT2D eigenvalue weighted by Gasteiger charge is 2.06. The Hall–Kier alpha value is -0.160. The van der Waals surface area contributed by atoms with E-state index in [-0.39, 0.29) is 6.29 Å². The van der Waals surface area contributed by atoms with E-state index < -0.39 is 0 Å². The molecule has 15 heavy (non-hydrogen) atoms. The first-order valence-corrected chi connectivity index (χ1v) is 5.86. The molecule has 0 atom stereocenters. The van der Waals surface area contributed by atoms with Crippen molar-refractivity contribution in [3.8, 4) is 0 Å². The normalized spacial score (nSPS) is 11.2. The maximum atomic E-state index is 5.44. The lowest BCUT2D eigenvalue weighted by Gasteiger charge is -2.16. The number of nitrogens with one attached hydrogen (secondary N) is 1. The molecule has 0 bridgehead atoms. The molecule has 0 fully saturated rings. The Morgan fingerprint density at radius 3 is 2.20 bits per heavy atom. The fourth-order valence-electron chi connectivity index (χ4n) is 1.19. The molecule has 0 spiro atoms. The van der Waals surface area contributed by atoms with Gasteiger partial charge in [-0.2, -0.15) is 0 Å². The van der Waals surface area contributed by atoms with Gasteiger partial charge in [-0.15, -0.1) is 0 Å². The summed E-state index contributed by atoms with van der Waals surface area (Å²) in [7, 11) is 0. The number of ether oxygens (including phenoxy) is 3. The molecule has 0 aromatic rings. The van der Waals surface area contributed by atoms with Crippen molar-refractivity contribution in [3.05, 3.63) is 0 Å². The van der Waals surface area contributed by atoms with Gasteiger partial charge < -0.3 is 19.5 Å². The molecule has 0 aromatic carbocycles. The van der Waals surface area contributed by atoms with E-state index in [1.54, 1.807) is 0 Å². The third kappa shape index (κ3) is 10.1. The lowest BCUT2D eigenvalue weighted by Crippen LogP contribution is -2.22. The SMILES string of the molecule is CCNCCOCCC(OCC)OCC. The van der Waals surface area contributed by atoms with E-state index in [1.807, 2.05) is 13.8 Å². The predicted octanol–water partition coefficient (Wildman–Crippen LogP) is 1.40. The van der Waals surface area contributed by atoms with E-state index in [4.69, 9.17) is 14.2 Å². The van der Waals surface area contributed by atoms with Crippen LogP contribution < -0.4 is 5.32 Å². The first-order chi connectivity index (χ1) is 7.35. The number of likely N-dealkylation sites (N-methyl/N-ethyl adjacent to an activating group) is 1. The van der Waals surface area contributed by atoms with Crippen molar-refractivity contribution in [1.29, 1.82) is 0 Å². The van der Waals surface area contributed by atoms with Gasteiger partial charge in [0.05, 0.1) is 13.2 Å². The second kappa shape index (κ2) is 11.9. The van der Waals surface area contributed by atoms with Gasteiger partial charge in [-0.25, -0.2) is 0 Å². The lowest BCUT2D eigenvalue weighted by molar-refractivity contribution is -0.146. The smallest absolute Gasteiger partial charge is 0.159 e. The largest absolute Gasteiger partial charge is 0.380 e. The maximum Gasteiger partial charge on any atom is 0.159 e. The summed E-state index contributed by atoms with van der Waals surface area (Å²) in [5.41, 5.74) is 0. The van der Waals surface area contributed by atoms with Gasteiger partial charge in [0.2, 0.25) is 0 Å². The Kier molecular flexibility index (Phi) is 11.8. The van der Waals surface area contributed by atoms with Crippen LogP contribution in [0.15, 0.2) is 0 Å². The van der Waals surface area contributed by atoms with Crippen molar-refractivity contribution < 1.29 is 14.2 Å². The molecule has 0 aliphatic carbocycles. The molecule has 0 aliphatic rings. The van der Waals surface area contributed by atoms with Gasteiger partial charge in [0.15, 0.2) is 6.29 Å². The minimum absolute atomic E-state index is 0.112. The molecule has 0 saturated heterocycles. The average molecular weight is 219 g/mol. The zero-order valence-electron chi connectivity index (χ0n) is 10.3. The number of hydrogen-bond acceptors (Lipinski definition) is 4. The van der Waals surface area contributed by atoms with Crippen LogP contribution >= 0.6 is 0 Å². The molecule has 0 aliphatic heterocycles. The Bertz CT molecular complexity index is 116. The summed E-state index contributed by atoms with van der Waals surface area (Å²) in [4.78, 5) is 0. The third-order valence-corrected chi connectivity index (χ3v) is 1.88. The van der Waals surface area contributed by atoms with Crippen LogP contribution in [-0.2, 0) is 14.2 Å². The quantitative estimate of drug-likeness (QED) is 0.421. The Morgan fingerprint density at radius 1 is 1.00 bits per heavy atom. The van der Waals surface area contributed by atoms with Crippen molar-refractivity contribution >= 4 is 0 Å². The Morgan fingerprint density at radius 2 is 1.67 bits per heavy atom. The Labute approximate surface area is 93.3 Å². The van der Waals surface area contributed by atoms with Crippen molar-refractivity contribution in [1.82, 2.24) is 5.32 Å². The molecule has 0 radical (unpaired) electrons. The molecule has 0 amide bonds. The van der Waals surface area contributed by atoms with Crippen molar-refractivity contribution in [2.45, 2.75) is 33.5 Å². The molecule has 92 valence electrons. The molecule has 0 saturated carbocycles. The van der Waals surface area contributed by atoms with Gasteiger partial charge >= 0.3 is 0 Å². The van der Waals surface area contributed by atoms with Gasteiger partial charge in [0, 0.05) is 26.2 Å². The summed E-state index contributed by atoms with van der Waals surface area (Å²) in [5.74, 6) is 0.